The van der Waals surface area contributed by atoms with Crippen molar-refractivity contribution in [3.63, 3.8) is 0 Å². The van der Waals surface area contributed by atoms with Gasteiger partial charge in [0.05, 0.1) is 30.2 Å². The Bertz CT molecular complexity index is 613. The molecule has 22 heavy (non-hydrogen) atoms. The summed E-state index contributed by atoms with van der Waals surface area (Å²) in [5, 5.41) is 6.12. The Balaban J connectivity index is 1.98. The first-order valence-electron chi connectivity index (χ1n) is 7.42. The third-order valence-corrected chi connectivity index (χ3v) is 3.44. The molecule has 0 unspecified atom stereocenters. The monoisotopic (exact) mass is 298 g/mol. The lowest BCUT2D eigenvalue weighted by molar-refractivity contribution is -0.115. The minimum Gasteiger partial charge on any atom is -0.324 e. The van der Waals surface area contributed by atoms with Crippen LogP contribution in [0.4, 0.5) is 5.69 Å². The van der Waals surface area contributed by atoms with Crippen LogP contribution in [0.25, 0.3) is 0 Å². The molecule has 0 aliphatic rings. The van der Waals surface area contributed by atoms with E-state index in [1.165, 1.54) is 0 Å². The molecule has 1 amide bonds. The predicted octanol–water partition coefficient (Wildman–Crippen LogP) is 2.71. The van der Waals surface area contributed by atoms with Crippen LogP contribution in [0.3, 0.4) is 0 Å². The highest BCUT2D eigenvalue weighted by Gasteiger charge is 2.19. The van der Waals surface area contributed by atoms with E-state index in [2.05, 4.69) is 34.4 Å². The summed E-state index contributed by atoms with van der Waals surface area (Å²) in [6.45, 7) is 6.50. The molecule has 116 valence electrons. The fraction of sp³-hybridized carbons (Fsp3) is 0.353. The smallest absolute Gasteiger partial charge is 0.238 e. The molecule has 0 aliphatic carbocycles. The van der Waals surface area contributed by atoms with E-state index in [4.69, 9.17) is 0 Å². The number of carbonyl (C=O) groups excluding carboxylic acids is 1. The number of nitrogens with one attached hydrogen (secondary N) is 2. The fourth-order valence-corrected chi connectivity index (χ4v) is 2.32. The van der Waals surface area contributed by atoms with E-state index in [1.54, 1.807) is 24.7 Å². The van der Waals surface area contributed by atoms with Crippen LogP contribution >= 0.6 is 0 Å². The zero-order chi connectivity index (χ0) is 15.9. The predicted molar refractivity (Wildman–Crippen MR) is 87.4 cm³/mol. The van der Waals surface area contributed by atoms with Gasteiger partial charge in [-0.1, -0.05) is 19.9 Å². The molecule has 0 aliphatic heterocycles. The van der Waals surface area contributed by atoms with Crippen LogP contribution in [-0.2, 0) is 4.79 Å². The molecule has 2 rings (SSSR count). The topological polar surface area (TPSA) is 66.9 Å². The molecule has 2 heterocycles. The maximum Gasteiger partial charge on any atom is 0.238 e. The van der Waals surface area contributed by atoms with Crippen molar-refractivity contribution < 1.29 is 4.79 Å². The summed E-state index contributed by atoms with van der Waals surface area (Å²) in [6.07, 6.45) is 5.09. The van der Waals surface area contributed by atoms with Gasteiger partial charge < -0.3 is 5.32 Å². The van der Waals surface area contributed by atoms with Crippen LogP contribution in [0.5, 0.6) is 0 Å². The largest absolute Gasteiger partial charge is 0.324 e. The van der Waals surface area contributed by atoms with Crippen LogP contribution in [-0.4, -0.2) is 22.4 Å². The second-order valence-corrected chi connectivity index (χ2v) is 5.60. The number of hydrogen-bond acceptors (Lipinski definition) is 4. The van der Waals surface area contributed by atoms with Gasteiger partial charge >= 0.3 is 0 Å². The second kappa shape index (κ2) is 7.66. The van der Waals surface area contributed by atoms with Gasteiger partial charge in [0.25, 0.3) is 0 Å². The van der Waals surface area contributed by atoms with Gasteiger partial charge in [0.15, 0.2) is 0 Å². The van der Waals surface area contributed by atoms with E-state index < -0.39 is 0 Å². The lowest BCUT2D eigenvalue weighted by Gasteiger charge is -2.23. The van der Waals surface area contributed by atoms with E-state index in [0.29, 0.717) is 11.6 Å². The van der Waals surface area contributed by atoms with E-state index >= 15 is 0 Å². The van der Waals surface area contributed by atoms with Crippen molar-refractivity contribution >= 4 is 11.6 Å². The number of nitrogens with zero attached hydrogens (tertiary/aromatic N) is 2. The standard InChI is InChI=1S/C17H22N4O/c1-12(2)16(17-13(3)6-4-9-19-17)20-11-15(22)21-14-7-5-8-18-10-14/h4-10,12,16,20H,11H2,1-3H3,(H,21,22)/t16-/m0/s1. The zero-order valence-electron chi connectivity index (χ0n) is 13.2. The van der Waals surface area contributed by atoms with Crippen LogP contribution in [0, 0.1) is 12.8 Å². The lowest BCUT2D eigenvalue weighted by atomic mass is 9.97. The average molecular weight is 298 g/mol. The Kier molecular flexibility index (Phi) is 5.61. The van der Waals surface area contributed by atoms with Crippen molar-refractivity contribution in [1.82, 2.24) is 15.3 Å². The normalized spacial score (nSPS) is 12.2. The first-order valence-corrected chi connectivity index (χ1v) is 7.42. The van der Waals surface area contributed by atoms with Gasteiger partial charge in [-0.15, -0.1) is 0 Å². The third-order valence-electron chi connectivity index (χ3n) is 3.44. The summed E-state index contributed by atoms with van der Waals surface area (Å²) in [5.74, 6) is 0.243. The highest BCUT2D eigenvalue weighted by molar-refractivity contribution is 5.92. The maximum absolute atomic E-state index is 12.0. The van der Waals surface area contributed by atoms with Crippen molar-refractivity contribution in [3.8, 4) is 0 Å². The van der Waals surface area contributed by atoms with Gasteiger partial charge in [-0.3, -0.25) is 20.1 Å². The first kappa shape index (κ1) is 16.1. The maximum atomic E-state index is 12.0. The Morgan fingerprint density at radius 1 is 1.23 bits per heavy atom. The van der Waals surface area contributed by atoms with Gasteiger partial charge in [-0.2, -0.15) is 0 Å². The van der Waals surface area contributed by atoms with Crippen LogP contribution in [0.15, 0.2) is 42.9 Å². The molecule has 0 aromatic carbocycles. The van der Waals surface area contributed by atoms with Crippen molar-refractivity contribution in [2.75, 3.05) is 11.9 Å². The molecule has 0 fully saturated rings. The van der Waals surface area contributed by atoms with Gasteiger partial charge in [0.2, 0.25) is 5.91 Å². The van der Waals surface area contributed by atoms with E-state index in [1.807, 2.05) is 25.1 Å². The number of aryl methyl sites for hydroxylation is 1. The highest BCUT2D eigenvalue weighted by atomic mass is 16.1. The average Bonchev–Trinajstić information content (AvgIpc) is 2.50. The Labute approximate surface area is 131 Å². The van der Waals surface area contributed by atoms with Crippen molar-refractivity contribution in [3.05, 3.63) is 54.1 Å². The Hall–Kier alpha value is -2.27. The molecule has 5 heteroatoms. The molecule has 0 saturated heterocycles. The molecule has 0 spiro atoms. The molecular formula is C17H22N4O. The first-order chi connectivity index (χ1) is 10.6. The number of carbonyl (C=O) groups is 1. The third kappa shape index (κ3) is 4.36. The lowest BCUT2D eigenvalue weighted by Crippen LogP contribution is -2.34. The molecule has 2 aromatic heterocycles. The second-order valence-electron chi connectivity index (χ2n) is 5.60. The summed E-state index contributed by atoms with van der Waals surface area (Å²) in [5.41, 5.74) is 2.82. The molecule has 2 aromatic rings. The molecule has 0 bridgehead atoms. The van der Waals surface area contributed by atoms with Crippen molar-refractivity contribution in [2.24, 2.45) is 5.92 Å². The Morgan fingerprint density at radius 3 is 2.64 bits per heavy atom. The number of hydrogen-bond donors (Lipinski definition) is 2. The van der Waals surface area contributed by atoms with Gasteiger partial charge in [0, 0.05) is 12.4 Å². The highest BCUT2D eigenvalue weighted by Crippen LogP contribution is 2.22. The fourth-order valence-electron chi connectivity index (χ4n) is 2.32. The minimum atomic E-state index is -0.0905. The Morgan fingerprint density at radius 2 is 2.00 bits per heavy atom. The molecule has 0 radical (unpaired) electrons. The SMILES string of the molecule is Cc1cccnc1[C@@H](NCC(=O)Nc1cccnc1)C(C)C. The molecule has 0 saturated carbocycles. The van der Waals surface area contributed by atoms with Crippen LogP contribution < -0.4 is 10.6 Å². The number of rotatable bonds is 6. The van der Waals surface area contributed by atoms with Crippen LogP contribution in [0.1, 0.15) is 31.1 Å². The summed E-state index contributed by atoms with van der Waals surface area (Å²) in [6, 6.07) is 7.60. The van der Waals surface area contributed by atoms with Crippen molar-refractivity contribution in [1.29, 1.82) is 0 Å². The summed E-state index contributed by atoms with van der Waals surface area (Å²) in [7, 11) is 0. The zero-order valence-corrected chi connectivity index (χ0v) is 13.2. The molecule has 5 nitrogen and oxygen atoms in total. The van der Waals surface area contributed by atoms with E-state index in [9.17, 15) is 4.79 Å². The number of pyridine rings is 2. The number of amides is 1. The van der Waals surface area contributed by atoms with Crippen LogP contribution in [0.2, 0.25) is 0 Å². The van der Waals surface area contributed by atoms with E-state index in [-0.39, 0.29) is 18.5 Å². The summed E-state index contributed by atoms with van der Waals surface area (Å²) in [4.78, 5) is 20.5. The van der Waals surface area contributed by atoms with Crippen molar-refractivity contribution in [2.45, 2.75) is 26.8 Å². The van der Waals surface area contributed by atoms with Gasteiger partial charge in [0.1, 0.15) is 0 Å². The molecule has 1 atom stereocenters. The summed E-state index contributed by atoms with van der Waals surface area (Å²) >= 11 is 0. The molecule has 2 N–H and O–H groups in total. The quantitative estimate of drug-likeness (QED) is 0.860. The number of aromatic nitrogens is 2. The van der Waals surface area contributed by atoms with Gasteiger partial charge in [-0.25, -0.2) is 0 Å². The van der Waals surface area contributed by atoms with Gasteiger partial charge in [-0.05, 0) is 36.6 Å². The minimum absolute atomic E-state index is 0.0425. The summed E-state index contributed by atoms with van der Waals surface area (Å²) < 4.78 is 0. The van der Waals surface area contributed by atoms with E-state index in [0.717, 1.165) is 11.3 Å². The number of anilines is 1. The molecular weight excluding hydrogens is 276 g/mol.